The summed E-state index contributed by atoms with van der Waals surface area (Å²) < 4.78 is 12.6. The predicted molar refractivity (Wildman–Crippen MR) is 79.7 cm³/mol. The van der Waals surface area contributed by atoms with Gasteiger partial charge < -0.3 is 14.6 Å². The van der Waals surface area contributed by atoms with Crippen LogP contribution in [0.1, 0.15) is 13.0 Å². The molecule has 0 saturated carbocycles. The van der Waals surface area contributed by atoms with Gasteiger partial charge in [0.1, 0.15) is 17.9 Å². The van der Waals surface area contributed by atoms with Crippen molar-refractivity contribution in [3.8, 4) is 17.0 Å². The van der Waals surface area contributed by atoms with E-state index < -0.39 is 6.10 Å². The molecule has 112 valence electrons. The van der Waals surface area contributed by atoms with Crippen molar-refractivity contribution in [1.29, 1.82) is 0 Å². The molecule has 2 heterocycles. The first-order valence-electron chi connectivity index (χ1n) is 6.92. The Morgan fingerprint density at radius 1 is 1.43 bits per heavy atom. The minimum atomic E-state index is -0.525. The lowest BCUT2D eigenvalue weighted by Crippen LogP contribution is -2.22. The number of nitrogens with zero attached hydrogens (tertiary/aromatic N) is 2. The number of ether oxygens (including phenoxy) is 2. The lowest BCUT2D eigenvalue weighted by molar-refractivity contribution is 0.118. The van der Waals surface area contributed by atoms with Gasteiger partial charge in [0.15, 0.2) is 0 Å². The number of benzene rings is 1. The van der Waals surface area contributed by atoms with Crippen LogP contribution >= 0.6 is 11.6 Å². The summed E-state index contributed by atoms with van der Waals surface area (Å²) in [5.74, 6) is 0.746. The molecule has 0 bridgehead atoms. The molecule has 2 atom stereocenters. The summed E-state index contributed by atoms with van der Waals surface area (Å²) >= 11 is 6.07. The van der Waals surface area contributed by atoms with E-state index in [0.717, 1.165) is 17.0 Å². The Hall–Kier alpha value is -1.56. The average molecular weight is 309 g/mol. The molecule has 1 aliphatic rings. The lowest BCUT2D eigenvalue weighted by atomic mass is 10.1. The molecule has 0 spiro atoms. The first kappa shape index (κ1) is 14.4. The second-order valence-corrected chi connectivity index (χ2v) is 5.36. The molecule has 6 heteroatoms. The highest BCUT2D eigenvalue weighted by Crippen LogP contribution is 2.32. The number of aliphatic hydroxyl groups excluding tert-OH is 1. The maximum atomic E-state index is 9.87. The van der Waals surface area contributed by atoms with Crippen LogP contribution in [0.4, 0.5) is 0 Å². The van der Waals surface area contributed by atoms with E-state index in [0.29, 0.717) is 24.8 Å². The topological polar surface area (TPSA) is 56.5 Å². The van der Waals surface area contributed by atoms with Crippen molar-refractivity contribution in [2.24, 2.45) is 0 Å². The van der Waals surface area contributed by atoms with Crippen LogP contribution in [0.15, 0.2) is 30.5 Å². The predicted octanol–water partition coefficient (Wildman–Crippen LogP) is 2.53. The molecule has 1 aromatic carbocycles. The fourth-order valence-electron chi connectivity index (χ4n) is 2.43. The van der Waals surface area contributed by atoms with Crippen LogP contribution < -0.4 is 4.74 Å². The van der Waals surface area contributed by atoms with Crippen LogP contribution in [0.3, 0.4) is 0 Å². The van der Waals surface area contributed by atoms with Gasteiger partial charge in [0.25, 0.3) is 0 Å². The summed E-state index contributed by atoms with van der Waals surface area (Å²) in [4.78, 5) is 0. The van der Waals surface area contributed by atoms with Crippen LogP contribution in [0, 0.1) is 0 Å². The third-order valence-corrected chi connectivity index (χ3v) is 3.72. The number of halogens is 1. The fraction of sp³-hybridized carbons (Fsp3) is 0.400. The van der Waals surface area contributed by atoms with Crippen molar-refractivity contribution in [3.63, 3.8) is 0 Å². The van der Waals surface area contributed by atoms with E-state index in [1.54, 1.807) is 10.7 Å². The standard InChI is InChI=1S/C15H17ClN2O3/c1-2-21-15-4-3-10(16)7-11(15)12-5-6-18(17-12)13-8-20-9-14(13)19/h3-7,13-14,19H,2,8-9H2,1H3/t13-,14-/m0/s1. The summed E-state index contributed by atoms with van der Waals surface area (Å²) in [7, 11) is 0. The van der Waals surface area contributed by atoms with Gasteiger partial charge in [-0.1, -0.05) is 11.6 Å². The molecule has 1 fully saturated rings. The molecule has 1 N–H and O–H groups in total. The highest BCUT2D eigenvalue weighted by molar-refractivity contribution is 6.30. The van der Waals surface area contributed by atoms with Crippen LogP contribution in [-0.2, 0) is 4.74 Å². The second kappa shape index (κ2) is 6.05. The Morgan fingerprint density at radius 2 is 2.29 bits per heavy atom. The van der Waals surface area contributed by atoms with E-state index in [4.69, 9.17) is 21.1 Å². The zero-order valence-corrected chi connectivity index (χ0v) is 12.5. The van der Waals surface area contributed by atoms with Gasteiger partial charge in [0, 0.05) is 16.8 Å². The molecule has 0 radical (unpaired) electrons. The minimum absolute atomic E-state index is 0.145. The summed E-state index contributed by atoms with van der Waals surface area (Å²) in [5.41, 5.74) is 1.61. The van der Waals surface area contributed by atoms with Crippen LogP contribution in [-0.4, -0.2) is 40.8 Å². The quantitative estimate of drug-likeness (QED) is 0.943. The van der Waals surface area contributed by atoms with Gasteiger partial charge in [-0.15, -0.1) is 0 Å². The van der Waals surface area contributed by atoms with Gasteiger partial charge >= 0.3 is 0 Å². The Bertz CT molecular complexity index is 629. The zero-order valence-electron chi connectivity index (χ0n) is 11.7. The molecular formula is C15H17ClN2O3. The van der Waals surface area contributed by atoms with Gasteiger partial charge in [0.05, 0.1) is 25.5 Å². The second-order valence-electron chi connectivity index (χ2n) is 4.93. The normalized spacial score (nSPS) is 21.7. The van der Waals surface area contributed by atoms with Crippen molar-refractivity contribution in [1.82, 2.24) is 9.78 Å². The van der Waals surface area contributed by atoms with E-state index >= 15 is 0 Å². The van der Waals surface area contributed by atoms with E-state index in [-0.39, 0.29) is 6.04 Å². The maximum Gasteiger partial charge on any atom is 0.128 e. The molecule has 2 aromatic rings. The number of aromatic nitrogens is 2. The summed E-state index contributed by atoms with van der Waals surface area (Å²) in [6.07, 6.45) is 1.32. The first-order chi connectivity index (χ1) is 10.2. The highest BCUT2D eigenvalue weighted by Gasteiger charge is 2.28. The number of rotatable bonds is 4. The Labute approximate surface area is 128 Å². The average Bonchev–Trinajstić information content (AvgIpc) is 3.09. The SMILES string of the molecule is CCOc1ccc(Cl)cc1-c1ccn([C@H]2COC[C@@H]2O)n1. The Kier molecular flexibility index (Phi) is 4.14. The molecule has 0 amide bonds. The van der Waals surface area contributed by atoms with Crippen molar-refractivity contribution in [2.75, 3.05) is 19.8 Å². The monoisotopic (exact) mass is 308 g/mol. The lowest BCUT2D eigenvalue weighted by Gasteiger charge is -2.13. The Morgan fingerprint density at radius 3 is 3.00 bits per heavy atom. The van der Waals surface area contributed by atoms with E-state index in [1.807, 2.05) is 31.3 Å². The Balaban J connectivity index is 1.94. The molecular weight excluding hydrogens is 292 g/mol. The van der Waals surface area contributed by atoms with Crippen LogP contribution in [0.5, 0.6) is 5.75 Å². The van der Waals surface area contributed by atoms with Gasteiger partial charge in [-0.2, -0.15) is 5.10 Å². The van der Waals surface area contributed by atoms with Crippen molar-refractivity contribution >= 4 is 11.6 Å². The fourth-order valence-corrected chi connectivity index (χ4v) is 2.61. The number of aliphatic hydroxyl groups is 1. The van der Waals surface area contributed by atoms with Crippen LogP contribution in [0.25, 0.3) is 11.3 Å². The smallest absolute Gasteiger partial charge is 0.128 e. The van der Waals surface area contributed by atoms with E-state index in [9.17, 15) is 5.11 Å². The van der Waals surface area contributed by atoms with Gasteiger partial charge in [-0.25, -0.2) is 0 Å². The first-order valence-corrected chi connectivity index (χ1v) is 7.30. The number of hydrogen-bond acceptors (Lipinski definition) is 4. The van der Waals surface area contributed by atoms with Gasteiger partial charge in [-0.3, -0.25) is 4.68 Å². The molecule has 21 heavy (non-hydrogen) atoms. The maximum absolute atomic E-state index is 9.87. The third-order valence-electron chi connectivity index (χ3n) is 3.49. The zero-order chi connectivity index (χ0) is 14.8. The van der Waals surface area contributed by atoms with Crippen molar-refractivity contribution in [2.45, 2.75) is 19.1 Å². The van der Waals surface area contributed by atoms with Crippen molar-refractivity contribution in [3.05, 3.63) is 35.5 Å². The summed E-state index contributed by atoms with van der Waals surface area (Å²) in [5, 5.41) is 15.0. The number of hydrogen-bond donors (Lipinski definition) is 1. The largest absolute Gasteiger partial charge is 0.493 e. The van der Waals surface area contributed by atoms with Gasteiger partial charge in [0.2, 0.25) is 0 Å². The van der Waals surface area contributed by atoms with Gasteiger partial charge in [-0.05, 0) is 31.2 Å². The molecule has 1 aliphatic heterocycles. The van der Waals surface area contributed by atoms with E-state index in [1.165, 1.54) is 0 Å². The highest BCUT2D eigenvalue weighted by atomic mass is 35.5. The molecule has 3 rings (SSSR count). The van der Waals surface area contributed by atoms with E-state index in [2.05, 4.69) is 5.10 Å². The molecule has 1 aromatic heterocycles. The third kappa shape index (κ3) is 2.90. The van der Waals surface area contributed by atoms with Crippen molar-refractivity contribution < 1.29 is 14.6 Å². The minimum Gasteiger partial charge on any atom is -0.493 e. The molecule has 1 saturated heterocycles. The molecule has 0 aliphatic carbocycles. The molecule has 5 nitrogen and oxygen atoms in total. The van der Waals surface area contributed by atoms with Crippen LogP contribution in [0.2, 0.25) is 5.02 Å². The summed E-state index contributed by atoms with van der Waals surface area (Å²) in [6, 6.07) is 7.21. The molecule has 0 unspecified atom stereocenters. The summed E-state index contributed by atoms with van der Waals surface area (Å²) in [6.45, 7) is 3.32.